The van der Waals surface area contributed by atoms with Crippen LogP contribution in [0.3, 0.4) is 0 Å². The largest absolute Gasteiger partial charge is 0 e. The van der Waals surface area contributed by atoms with E-state index >= 15 is 0 Å². The number of allylic oxidation sites excluding steroid dienone is 3. The Kier molecular flexibility index (Phi) is 14.1. The van der Waals surface area contributed by atoms with Gasteiger partial charge in [-0.05, 0) is 37.8 Å². The van der Waals surface area contributed by atoms with Gasteiger partial charge >= 0.3 is 33.9 Å². The summed E-state index contributed by atoms with van der Waals surface area (Å²) in [5.41, 5.74) is 0.609. The molecule has 0 aromatic rings. The molecule has 1 atom stereocenters. The monoisotopic (exact) mass is 446 g/mol. The molecule has 1 saturated carbocycles. The summed E-state index contributed by atoms with van der Waals surface area (Å²) < 4.78 is 39.5. The molecule has 0 amide bonds. The fourth-order valence-electron chi connectivity index (χ4n) is 4.35. The van der Waals surface area contributed by atoms with Gasteiger partial charge < -0.3 is 19.0 Å². The van der Waals surface area contributed by atoms with Crippen LogP contribution >= 0.6 is 0 Å². The molecule has 2 aliphatic carbocycles. The SMILES string of the molecule is COC1=CCC(C)(C2(C=O)CCC3(CC2)OCCO3)C=C1C.[C-]#[O+].[C-]#[O+].[C-]#[O+].[Fe]. The van der Waals surface area contributed by atoms with Crippen molar-refractivity contribution in [1.82, 2.24) is 0 Å². The van der Waals surface area contributed by atoms with E-state index in [1.54, 1.807) is 7.11 Å². The van der Waals surface area contributed by atoms with Gasteiger partial charge in [-0.15, -0.1) is 0 Å². The average molecular weight is 446 g/mol. The van der Waals surface area contributed by atoms with E-state index in [-0.39, 0.29) is 27.9 Å². The van der Waals surface area contributed by atoms with Crippen LogP contribution in [0.4, 0.5) is 0 Å². The smallest absolute Gasteiger partial charge is 0 e. The Labute approximate surface area is 182 Å². The third-order valence-corrected chi connectivity index (χ3v) is 5.94. The topological polar surface area (TPSA) is 104 Å². The van der Waals surface area contributed by atoms with Gasteiger partial charge in [0, 0.05) is 40.7 Å². The minimum atomic E-state index is -0.427. The molecule has 0 aromatic carbocycles. The van der Waals surface area contributed by atoms with Gasteiger partial charge in [0.1, 0.15) is 12.0 Å². The van der Waals surface area contributed by atoms with Crippen molar-refractivity contribution >= 4 is 6.29 Å². The molecule has 0 bridgehead atoms. The molecule has 7 nitrogen and oxygen atoms in total. The molecule has 1 heterocycles. The van der Waals surface area contributed by atoms with E-state index in [0.29, 0.717) is 13.2 Å². The fourth-order valence-corrected chi connectivity index (χ4v) is 4.35. The van der Waals surface area contributed by atoms with Gasteiger partial charge in [-0.2, -0.15) is 0 Å². The van der Waals surface area contributed by atoms with Gasteiger partial charge in [0.15, 0.2) is 5.79 Å². The Morgan fingerprint density at radius 1 is 1.03 bits per heavy atom. The summed E-state index contributed by atoms with van der Waals surface area (Å²) in [4.78, 5) is 12.1. The molecule has 1 spiro atoms. The molecule has 3 rings (SSSR count). The standard InChI is InChI=1S/C18H26O4.3CO.Fe/c1-14-12-16(2,5-4-15(14)20-3)17(13-19)6-8-18(9-7-17)21-10-11-22-18;3*1-2;/h4,12-13H,5-11H2,1-3H3;;;;. The van der Waals surface area contributed by atoms with Gasteiger partial charge in [-0.25, -0.2) is 0 Å². The fraction of sp³-hybridized carbons (Fsp3) is 0.619. The van der Waals surface area contributed by atoms with Crippen LogP contribution < -0.4 is 0 Å². The maximum Gasteiger partial charge on any atom is 0 e. The second-order valence-electron chi connectivity index (χ2n) is 7.10. The van der Waals surface area contributed by atoms with Crippen LogP contribution in [-0.2, 0) is 50.0 Å². The number of carbonyl (C=O) groups excluding carboxylic acids is 1. The number of carbonyl (C=O) groups is 1. The minimum absolute atomic E-state index is 0. The first-order chi connectivity index (χ1) is 13.5. The predicted octanol–water partition coefficient (Wildman–Crippen LogP) is 3.26. The van der Waals surface area contributed by atoms with Crippen LogP contribution in [0.25, 0.3) is 0 Å². The van der Waals surface area contributed by atoms with Crippen molar-refractivity contribution in [3.8, 4) is 0 Å². The Morgan fingerprint density at radius 2 is 1.52 bits per heavy atom. The number of ether oxygens (including phenoxy) is 3. The van der Waals surface area contributed by atoms with Crippen molar-refractivity contribution in [2.24, 2.45) is 10.8 Å². The molecule has 0 N–H and O–H groups in total. The first-order valence-corrected chi connectivity index (χ1v) is 8.78. The van der Waals surface area contributed by atoms with E-state index < -0.39 is 5.79 Å². The summed E-state index contributed by atoms with van der Waals surface area (Å²) in [7, 11) is 1.69. The van der Waals surface area contributed by atoms with Crippen molar-refractivity contribution in [3.05, 3.63) is 43.4 Å². The number of hydrogen-bond acceptors (Lipinski definition) is 4. The van der Waals surface area contributed by atoms with Crippen molar-refractivity contribution < 1.29 is 50.0 Å². The summed E-state index contributed by atoms with van der Waals surface area (Å²) in [5, 5.41) is 0. The number of rotatable bonds is 3. The van der Waals surface area contributed by atoms with Gasteiger partial charge in [0.05, 0.1) is 20.3 Å². The van der Waals surface area contributed by atoms with E-state index in [9.17, 15) is 4.79 Å². The molecule has 29 heavy (non-hydrogen) atoms. The number of aldehydes is 1. The van der Waals surface area contributed by atoms with Crippen molar-refractivity contribution in [2.45, 2.75) is 51.7 Å². The molecule has 2 fully saturated rings. The van der Waals surface area contributed by atoms with E-state index in [1.165, 1.54) is 6.29 Å². The quantitative estimate of drug-likeness (QED) is 0.287. The number of methoxy groups -OCH3 is 1. The molecule has 0 aromatic heterocycles. The van der Waals surface area contributed by atoms with Crippen LogP contribution in [0.15, 0.2) is 23.5 Å². The van der Waals surface area contributed by atoms with Crippen LogP contribution in [0.5, 0.6) is 0 Å². The molecule has 1 saturated heterocycles. The van der Waals surface area contributed by atoms with E-state index in [4.69, 9.17) is 28.2 Å². The Bertz CT molecular complexity index is 617. The third kappa shape index (κ3) is 6.29. The van der Waals surface area contributed by atoms with E-state index in [0.717, 1.165) is 43.4 Å². The second kappa shape index (κ2) is 13.8. The zero-order chi connectivity index (χ0) is 21.8. The predicted molar refractivity (Wildman–Crippen MR) is 95.0 cm³/mol. The van der Waals surface area contributed by atoms with Crippen LogP contribution in [-0.4, -0.2) is 32.4 Å². The van der Waals surface area contributed by atoms with E-state index in [1.807, 2.05) is 0 Å². The second-order valence-corrected chi connectivity index (χ2v) is 7.10. The molecule has 3 aliphatic rings. The van der Waals surface area contributed by atoms with Gasteiger partial charge in [0.25, 0.3) is 0 Å². The first kappa shape index (κ1) is 29.8. The summed E-state index contributed by atoms with van der Waals surface area (Å²) in [6, 6.07) is 0. The van der Waals surface area contributed by atoms with Crippen molar-refractivity contribution in [2.75, 3.05) is 20.3 Å². The third-order valence-electron chi connectivity index (χ3n) is 5.94. The van der Waals surface area contributed by atoms with Gasteiger partial charge in [0.2, 0.25) is 0 Å². The molecular weight excluding hydrogens is 420 g/mol. The number of hydrogen-bond donors (Lipinski definition) is 0. The Hall–Kier alpha value is -1.39. The molecule has 1 unspecified atom stereocenters. The zero-order valence-corrected chi connectivity index (χ0v) is 18.0. The Morgan fingerprint density at radius 3 is 1.90 bits per heavy atom. The summed E-state index contributed by atoms with van der Waals surface area (Å²) >= 11 is 0. The van der Waals surface area contributed by atoms with Crippen LogP contribution in [0.2, 0.25) is 0 Å². The Balaban J connectivity index is 0. The van der Waals surface area contributed by atoms with Crippen molar-refractivity contribution in [1.29, 1.82) is 0 Å². The molecular formula is C21H26FeO7. The van der Waals surface area contributed by atoms with Crippen LogP contribution in [0.1, 0.15) is 46.0 Å². The zero-order valence-electron chi connectivity index (χ0n) is 16.9. The van der Waals surface area contributed by atoms with Gasteiger partial charge in [-0.3, -0.25) is 0 Å². The molecule has 1 aliphatic heterocycles. The minimum Gasteiger partial charge on any atom is 0 e. The first-order valence-electron chi connectivity index (χ1n) is 8.78. The maximum atomic E-state index is 12.1. The van der Waals surface area contributed by atoms with E-state index in [2.05, 4.69) is 46.0 Å². The molecule has 160 valence electrons. The normalized spacial score (nSPS) is 25.4. The van der Waals surface area contributed by atoms with Gasteiger partial charge in [-0.1, -0.05) is 13.0 Å². The summed E-state index contributed by atoms with van der Waals surface area (Å²) in [5.74, 6) is 0.498. The van der Waals surface area contributed by atoms with Crippen LogP contribution in [0, 0.1) is 30.8 Å². The molecule has 8 heteroatoms. The average Bonchev–Trinajstić information content (AvgIpc) is 3.21. The maximum absolute atomic E-state index is 12.1. The van der Waals surface area contributed by atoms with Crippen molar-refractivity contribution in [3.63, 3.8) is 0 Å². The summed E-state index contributed by atoms with van der Waals surface area (Å²) in [6.45, 7) is 19.1. The molecule has 0 radical (unpaired) electrons. The summed E-state index contributed by atoms with van der Waals surface area (Å²) in [6.07, 6.45) is 9.59.